The predicted octanol–water partition coefficient (Wildman–Crippen LogP) is 1.96. The Labute approximate surface area is 149 Å². The highest BCUT2D eigenvalue weighted by molar-refractivity contribution is 5.91. The van der Waals surface area contributed by atoms with Gasteiger partial charge in [0.1, 0.15) is 12.7 Å². The summed E-state index contributed by atoms with van der Waals surface area (Å²) in [6.07, 6.45) is 4.42. The third-order valence-electron chi connectivity index (χ3n) is 7.23. The molecule has 140 valence electrons. The molecule has 3 aliphatic rings. The fraction of sp³-hybridized carbons (Fsp3) is 0.750. The van der Waals surface area contributed by atoms with Gasteiger partial charge in [-0.15, -0.1) is 0 Å². The zero-order valence-corrected chi connectivity index (χ0v) is 15.2. The van der Waals surface area contributed by atoms with E-state index in [1.807, 2.05) is 13.0 Å². The summed E-state index contributed by atoms with van der Waals surface area (Å²) in [4.78, 5) is 11.8. The summed E-state index contributed by atoms with van der Waals surface area (Å²) in [6, 6.07) is 0. The summed E-state index contributed by atoms with van der Waals surface area (Å²) in [5, 5.41) is 30.4. The Morgan fingerprint density at radius 2 is 2.04 bits per heavy atom. The van der Waals surface area contributed by atoms with E-state index in [-0.39, 0.29) is 30.5 Å². The lowest BCUT2D eigenvalue weighted by molar-refractivity contribution is -0.151. The fourth-order valence-electron chi connectivity index (χ4n) is 5.56. The van der Waals surface area contributed by atoms with Crippen molar-refractivity contribution >= 4 is 5.97 Å². The van der Waals surface area contributed by atoms with Gasteiger partial charge in [0.05, 0.1) is 18.3 Å². The van der Waals surface area contributed by atoms with Crippen LogP contribution in [0.25, 0.3) is 0 Å². The second-order valence-electron chi connectivity index (χ2n) is 8.54. The quantitative estimate of drug-likeness (QED) is 0.411. The van der Waals surface area contributed by atoms with E-state index in [1.165, 1.54) is 0 Å². The van der Waals surface area contributed by atoms with Crippen molar-refractivity contribution in [1.29, 1.82) is 0 Å². The van der Waals surface area contributed by atoms with E-state index in [4.69, 9.17) is 4.74 Å². The zero-order valence-electron chi connectivity index (χ0n) is 15.2. The SMILES string of the molecule is C=C1CC[C@@H]2[C@@](C)(CO)[C@H](O)CC[C@@]2(C)[C@@H]1C/C=C1/C(=O)OC[C@H]1O. The molecule has 3 fully saturated rings. The fourth-order valence-corrected chi connectivity index (χ4v) is 5.56. The molecule has 0 radical (unpaired) electrons. The van der Waals surface area contributed by atoms with Crippen molar-refractivity contribution in [1.82, 2.24) is 0 Å². The molecule has 6 atom stereocenters. The number of aliphatic hydroxyl groups is 3. The molecular formula is C20H30O5. The number of hydrogen-bond donors (Lipinski definition) is 3. The second-order valence-corrected chi connectivity index (χ2v) is 8.54. The van der Waals surface area contributed by atoms with Crippen LogP contribution in [-0.4, -0.2) is 46.7 Å². The lowest BCUT2D eigenvalue weighted by Gasteiger charge is -2.59. The van der Waals surface area contributed by atoms with Crippen LogP contribution in [0.2, 0.25) is 0 Å². The number of carbonyl (C=O) groups is 1. The predicted molar refractivity (Wildman–Crippen MR) is 93.6 cm³/mol. The van der Waals surface area contributed by atoms with Crippen molar-refractivity contribution in [2.45, 2.75) is 58.2 Å². The number of aliphatic hydroxyl groups excluding tert-OH is 3. The second kappa shape index (κ2) is 6.53. The summed E-state index contributed by atoms with van der Waals surface area (Å²) in [5.41, 5.74) is 0.911. The molecule has 2 aliphatic carbocycles. The van der Waals surface area contributed by atoms with Crippen LogP contribution >= 0.6 is 0 Å². The van der Waals surface area contributed by atoms with E-state index in [9.17, 15) is 20.1 Å². The van der Waals surface area contributed by atoms with Crippen LogP contribution in [0.15, 0.2) is 23.8 Å². The van der Waals surface area contributed by atoms with E-state index in [1.54, 1.807) is 0 Å². The first-order valence-corrected chi connectivity index (χ1v) is 9.26. The zero-order chi connectivity index (χ0) is 18.4. The number of fused-ring (bicyclic) bond motifs is 1. The highest BCUT2D eigenvalue weighted by atomic mass is 16.6. The Bertz CT molecular complexity index is 597. The van der Waals surface area contributed by atoms with E-state index in [0.717, 1.165) is 24.8 Å². The Morgan fingerprint density at radius 1 is 1.32 bits per heavy atom. The molecule has 2 saturated carbocycles. The molecule has 5 nitrogen and oxygen atoms in total. The molecule has 0 spiro atoms. The van der Waals surface area contributed by atoms with Crippen molar-refractivity contribution in [2.75, 3.05) is 13.2 Å². The number of cyclic esters (lactones) is 1. The Balaban J connectivity index is 1.89. The average Bonchev–Trinajstić information content (AvgIpc) is 2.89. The largest absolute Gasteiger partial charge is 0.459 e. The average molecular weight is 350 g/mol. The summed E-state index contributed by atoms with van der Waals surface area (Å²) >= 11 is 0. The Morgan fingerprint density at radius 3 is 2.64 bits per heavy atom. The summed E-state index contributed by atoms with van der Waals surface area (Å²) in [7, 11) is 0. The van der Waals surface area contributed by atoms with Gasteiger partial charge in [-0.25, -0.2) is 4.79 Å². The Hall–Kier alpha value is -1.17. The first-order chi connectivity index (χ1) is 11.7. The molecule has 0 aromatic carbocycles. The van der Waals surface area contributed by atoms with Crippen molar-refractivity contribution < 1.29 is 24.9 Å². The highest BCUT2D eigenvalue weighted by Crippen LogP contribution is 2.61. The maximum atomic E-state index is 11.8. The smallest absolute Gasteiger partial charge is 0.336 e. The van der Waals surface area contributed by atoms with Crippen LogP contribution in [0.5, 0.6) is 0 Å². The van der Waals surface area contributed by atoms with Gasteiger partial charge >= 0.3 is 5.97 Å². The van der Waals surface area contributed by atoms with Gasteiger partial charge < -0.3 is 20.1 Å². The van der Waals surface area contributed by atoms with E-state index < -0.39 is 23.6 Å². The van der Waals surface area contributed by atoms with E-state index in [2.05, 4.69) is 13.5 Å². The van der Waals surface area contributed by atoms with Crippen LogP contribution in [0.3, 0.4) is 0 Å². The lowest BCUT2D eigenvalue weighted by Crippen LogP contribution is -2.57. The number of esters is 1. The molecule has 5 heteroatoms. The maximum Gasteiger partial charge on any atom is 0.336 e. The molecule has 25 heavy (non-hydrogen) atoms. The molecule has 0 aromatic heterocycles. The highest BCUT2D eigenvalue weighted by Gasteiger charge is 2.57. The third-order valence-corrected chi connectivity index (χ3v) is 7.23. The molecule has 3 rings (SSSR count). The number of ether oxygens (including phenoxy) is 1. The molecule has 1 aliphatic heterocycles. The van der Waals surface area contributed by atoms with Crippen molar-refractivity contribution in [2.24, 2.45) is 22.7 Å². The minimum atomic E-state index is -0.844. The van der Waals surface area contributed by atoms with Crippen LogP contribution in [0, 0.1) is 22.7 Å². The van der Waals surface area contributed by atoms with Gasteiger partial charge in [0, 0.05) is 5.41 Å². The van der Waals surface area contributed by atoms with Crippen LogP contribution in [0.1, 0.15) is 46.0 Å². The number of carbonyl (C=O) groups excluding carboxylic acids is 1. The van der Waals surface area contributed by atoms with Crippen molar-refractivity contribution in [3.8, 4) is 0 Å². The molecular weight excluding hydrogens is 320 g/mol. The first kappa shape index (κ1) is 18.6. The van der Waals surface area contributed by atoms with Gasteiger partial charge in [0.15, 0.2) is 0 Å². The first-order valence-electron chi connectivity index (χ1n) is 9.26. The maximum absolute atomic E-state index is 11.8. The summed E-state index contributed by atoms with van der Waals surface area (Å²) in [6.45, 7) is 8.50. The van der Waals surface area contributed by atoms with Crippen molar-refractivity contribution in [3.63, 3.8) is 0 Å². The van der Waals surface area contributed by atoms with Crippen LogP contribution in [0.4, 0.5) is 0 Å². The number of allylic oxidation sites excluding steroid dienone is 2. The summed E-state index contributed by atoms with van der Waals surface area (Å²) in [5.74, 6) is -0.0734. The van der Waals surface area contributed by atoms with E-state index >= 15 is 0 Å². The minimum absolute atomic E-state index is 0.0280. The van der Waals surface area contributed by atoms with E-state index in [0.29, 0.717) is 18.4 Å². The molecule has 0 bridgehead atoms. The minimum Gasteiger partial charge on any atom is -0.459 e. The molecule has 1 heterocycles. The van der Waals surface area contributed by atoms with Gasteiger partial charge in [0.25, 0.3) is 0 Å². The molecule has 0 aromatic rings. The van der Waals surface area contributed by atoms with Gasteiger partial charge in [-0.1, -0.05) is 32.1 Å². The topological polar surface area (TPSA) is 87.0 Å². The van der Waals surface area contributed by atoms with Crippen LogP contribution < -0.4 is 0 Å². The molecule has 0 unspecified atom stereocenters. The van der Waals surface area contributed by atoms with Gasteiger partial charge in [-0.3, -0.25) is 0 Å². The molecule has 1 saturated heterocycles. The number of rotatable bonds is 3. The van der Waals surface area contributed by atoms with Gasteiger partial charge in [-0.2, -0.15) is 0 Å². The van der Waals surface area contributed by atoms with Crippen LogP contribution in [-0.2, 0) is 9.53 Å². The summed E-state index contributed by atoms with van der Waals surface area (Å²) < 4.78 is 4.90. The lowest BCUT2D eigenvalue weighted by atomic mass is 9.46. The Kier molecular flexibility index (Phi) is 4.86. The van der Waals surface area contributed by atoms with Gasteiger partial charge in [0.2, 0.25) is 0 Å². The molecule has 3 N–H and O–H groups in total. The monoisotopic (exact) mass is 350 g/mol. The molecule has 0 amide bonds. The number of hydrogen-bond acceptors (Lipinski definition) is 5. The van der Waals surface area contributed by atoms with Gasteiger partial charge in [-0.05, 0) is 49.4 Å². The standard InChI is InChI=1S/C20H30O5/c1-12-4-7-16-19(2,9-8-17(23)20(16,3)11-21)14(12)6-5-13-15(22)10-25-18(13)24/h5,14-17,21-23H,1,4,6-11H2,2-3H3/b13-5+/t14-,15-,16+,17-,19+,20-/m1/s1. The van der Waals surface area contributed by atoms with Crippen molar-refractivity contribution in [3.05, 3.63) is 23.8 Å². The normalized spacial score (nSPS) is 46.2. The third kappa shape index (κ3) is 2.86.